The van der Waals surface area contributed by atoms with Gasteiger partial charge in [-0.25, -0.2) is 4.79 Å². The molecule has 0 spiro atoms. The van der Waals surface area contributed by atoms with Crippen molar-refractivity contribution in [1.82, 2.24) is 0 Å². The topological polar surface area (TPSA) is 61.0 Å². The second kappa shape index (κ2) is 6.91. The smallest absolute Gasteiger partial charge is 0.336 e. The molecule has 0 radical (unpaired) electrons. The normalized spacial score (nSPS) is 13.2. The molecule has 1 aromatic heterocycles. The number of fused-ring (bicyclic) bond motifs is 2. The summed E-state index contributed by atoms with van der Waals surface area (Å²) in [5.74, 6) is 1.40. The Morgan fingerprint density at radius 1 is 1.07 bits per heavy atom. The quantitative estimate of drug-likeness (QED) is 0.663. The molecule has 0 saturated heterocycles. The number of aryl methyl sites for hydroxylation is 1. The first-order valence-electron chi connectivity index (χ1n) is 8.91. The minimum Gasteiger partial charge on any atom is -0.493 e. The highest BCUT2D eigenvalue weighted by Crippen LogP contribution is 2.33. The van der Waals surface area contributed by atoms with Gasteiger partial charge in [-0.15, -0.1) is 0 Å². The summed E-state index contributed by atoms with van der Waals surface area (Å²) < 4.78 is 16.3. The molecule has 2 aromatic carbocycles. The third-order valence-electron chi connectivity index (χ3n) is 4.95. The van der Waals surface area contributed by atoms with E-state index in [9.17, 15) is 4.79 Å². The van der Waals surface area contributed by atoms with Crippen molar-refractivity contribution in [2.45, 2.75) is 19.8 Å². The summed E-state index contributed by atoms with van der Waals surface area (Å²) in [6, 6.07) is 11.5. The van der Waals surface area contributed by atoms with Gasteiger partial charge in [-0.2, -0.15) is 0 Å². The van der Waals surface area contributed by atoms with E-state index in [0.29, 0.717) is 17.8 Å². The third-order valence-corrected chi connectivity index (χ3v) is 4.95. The molecule has 1 aliphatic rings. The molecule has 2 heterocycles. The Morgan fingerprint density at radius 3 is 2.63 bits per heavy atom. The van der Waals surface area contributed by atoms with Crippen LogP contribution in [0.4, 0.5) is 0 Å². The van der Waals surface area contributed by atoms with Gasteiger partial charge in [0.1, 0.15) is 5.58 Å². The molecule has 0 bridgehead atoms. The van der Waals surface area contributed by atoms with Crippen LogP contribution < -0.4 is 15.1 Å². The van der Waals surface area contributed by atoms with Crippen LogP contribution in [0.2, 0.25) is 0 Å². The Bertz CT molecular complexity index is 1110. The SMILES string of the molecule is COc1cc2c(cc1OC)C(Cc1cc(=O)oc3cc(C)ccc13)=NCC2. The van der Waals surface area contributed by atoms with Crippen molar-refractivity contribution < 1.29 is 13.9 Å². The molecule has 5 heteroatoms. The molecule has 3 aromatic rings. The van der Waals surface area contributed by atoms with Crippen LogP contribution in [0.15, 0.2) is 50.6 Å². The molecular weight excluding hydrogens is 342 g/mol. The molecule has 5 nitrogen and oxygen atoms in total. The van der Waals surface area contributed by atoms with Gasteiger partial charge in [0, 0.05) is 35.7 Å². The Balaban J connectivity index is 1.80. The van der Waals surface area contributed by atoms with Crippen LogP contribution >= 0.6 is 0 Å². The van der Waals surface area contributed by atoms with E-state index in [1.807, 2.05) is 37.3 Å². The van der Waals surface area contributed by atoms with Crippen LogP contribution in [0.5, 0.6) is 11.5 Å². The summed E-state index contributed by atoms with van der Waals surface area (Å²) in [5, 5.41) is 0.940. The van der Waals surface area contributed by atoms with Crippen molar-refractivity contribution in [1.29, 1.82) is 0 Å². The number of hydrogen-bond donors (Lipinski definition) is 0. The lowest BCUT2D eigenvalue weighted by atomic mass is 9.92. The zero-order chi connectivity index (χ0) is 19.0. The third kappa shape index (κ3) is 3.21. The Kier molecular flexibility index (Phi) is 4.44. The highest BCUT2D eigenvalue weighted by molar-refractivity contribution is 6.05. The maximum atomic E-state index is 12.0. The van der Waals surface area contributed by atoms with Crippen LogP contribution in [0.25, 0.3) is 11.0 Å². The lowest BCUT2D eigenvalue weighted by Crippen LogP contribution is -2.17. The average Bonchev–Trinajstić information content (AvgIpc) is 2.66. The number of ether oxygens (including phenoxy) is 2. The summed E-state index contributed by atoms with van der Waals surface area (Å²) in [7, 11) is 3.27. The Labute approximate surface area is 157 Å². The summed E-state index contributed by atoms with van der Waals surface area (Å²) in [6.07, 6.45) is 1.42. The van der Waals surface area contributed by atoms with Gasteiger partial charge in [-0.3, -0.25) is 4.99 Å². The molecule has 138 valence electrons. The van der Waals surface area contributed by atoms with Crippen LogP contribution in [-0.4, -0.2) is 26.5 Å². The van der Waals surface area contributed by atoms with Gasteiger partial charge in [0.25, 0.3) is 0 Å². The van der Waals surface area contributed by atoms with Crippen LogP contribution in [0.3, 0.4) is 0 Å². The predicted molar refractivity (Wildman–Crippen MR) is 106 cm³/mol. The molecule has 0 unspecified atom stereocenters. The number of hydrogen-bond acceptors (Lipinski definition) is 5. The summed E-state index contributed by atoms with van der Waals surface area (Å²) in [6.45, 7) is 2.70. The molecule has 0 aliphatic carbocycles. The zero-order valence-electron chi connectivity index (χ0n) is 15.7. The van der Waals surface area contributed by atoms with Gasteiger partial charge in [0.15, 0.2) is 11.5 Å². The number of nitrogens with zero attached hydrogens (tertiary/aromatic N) is 1. The first kappa shape index (κ1) is 17.3. The van der Waals surface area contributed by atoms with Crippen LogP contribution in [0, 0.1) is 6.92 Å². The van der Waals surface area contributed by atoms with Gasteiger partial charge in [0.05, 0.1) is 14.2 Å². The second-order valence-corrected chi connectivity index (χ2v) is 6.71. The van der Waals surface area contributed by atoms with Crippen LogP contribution in [-0.2, 0) is 12.8 Å². The fourth-order valence-corrected chi connectivity index (χ4v) is 3.61. The average molecular weight is 363 g/mol. The predicted octanol–water partition coefficient (Wildman–Crippen LogP) is 3.71. The molecule has 0 saturated carbocycles. The zero-order valence-corrected chi connectivity index (χ0v) is 15.7. The largest absolute Gasteiger partial charge is 0.493 e. The van der Waals surface area contributed by atoms with E-state index in [0.717, 1.165) is 46.5 Å². The lowest BCUT2D eigenvalue weighted by Gasteiger charge is -2.20. The van der Waals surface area contributed by atoms with Gasteiger partial charge in [-0.05, 0) is 48.2 Å². The van der Waals surface area contributed by atoms with Gasteiger partial charge in [-0.1, -0.05) is 12.1 Å². The van der Waals surface area contributed by atoms with E-state index in [2.05, 4.69) is 0 Å². The maximum absolute atomic E-state index is 12.0. The van der Waals surface area contributed by atoms with Crippen molar-refractivity contribution >= 4 is 16.7 Å². The number of rotatable bonds is 4. The highest BCUT2D eigenvalue weighted by Gasteiger charge is 2.20. The molecule has 0 N–H and O–H groups in total. The van der Waals surface area contributed by atoms with Gasteiger partial charge in [0.2, 0.25) is 0 Å². The molecule has 0 fully saturated rings. The standard InChI is InChI=1S/C22H21NO4/c1-13-4-5-16-15(11-22(24)27-19(16)8-13)9-18-17-12-21(26-3)20(25-2)10-14(17)6-7-23-18/h4-5,8,10-12H,6-7,9H2,1-3H3. The van der Waals surface area contributed by atoms with Gasteiger partial charge < -0.3 is 13.9 Å². The van der Waals surface area contributed by atoms with Crippen molar-refractivity contribution in [2.75, 3.05) is 20.8 Å². The number of benzene rings is 2. The fraction of sp³-hybridized carbons (Fsp3) is 0.273. The molecule has 0 amide bonds. The minimum absolute atomic E-state index is 0.341. The summed E-state index contributed by atoms with van der Waals surface area (Å²) in [5.41, 5.74) is 5.42. The number of aliphatic imine (C=N–C) groups is 1. The van der Waals surface area contributed by atoms with E-state index in [4.69, 9.17) is 18.9 Å². The first-order valence-corrected chi connectivity index (χ1v) is 8.91. The van der Waals surface area contributed by atoms with Crippen molar-refractivity contribution in [3.8, 4) is 11.5 Å². The molecule has 1 aliphatic heterocycles. The van der Waals surface area contributed by atoms with E-state index in [1.54, 1.807) is 20.3 Å². The van der Waals surface area contributed by atoms with E-state index < -0.39 is 0 Å². The molecule has 0 atom stereocenters. The highest BCUT2D eigenvalue weighted by atomic mass is 16.5. The van der Waals surface area contributed by atoms with Crippen LogP contribution in [0.1, 0.15) is 22.3 Å². The van der Waals surface area contributed by atoms with E-state index in [1.165, 1.54) is 5.56 Å². The minimum atomic E-state index is -0.341. The van der Waals surface area contributed by atoms with Crippen molar-refractivity contribution in [3.63, 3.8) is 0 Å². The van der Waals surface area contributed by atoms with Crippen molar-refractivity contribution in [2.24, 2.45) is 4.99 Å². The van der Waals surface area contributed by atoms with E-state index in [-0.39, 0.29) is 5.63 Å². The molecular formula is C22H21NO4. The van der Waals surface area contributed by atoms with Crippen molar-refractivity contribution in [3.05, 3.63) is 69.1 Å². The monoisotopic (exact) mass is 363 g/mol. The second-order valence-electron chi connectivity index (χ2n) is 6.71. The lowest BCUT2D eigenvalue weighted by molar-refractivity contribution is 0.354. The molecule has 27 heavy (non-hydrogen) atoms. The summed E-state index contributed by atoms with van der Waals surface area (Å²) in [4.78, 5) is 16.8. The Morgan fingerprint density at radius 2 is 1.85 bits per heavy atom. The Hall–Kier alpha value is -3.08. The molecule has 4 rings (SSSR count). The van der Waals surface area contributed by atoms with E-state index >= 15 is 0 Å². The summed E-state index contributed by atoms with van der Waals surface area (Å²) >= 11 is 0. The first-order chi connectivity index (χ1) is 13.1. The van der Waals surface area contributed by atoms with Gasteiger partial charge >= 0.3 is 5.63 Å². The maximum Gasteiger partial charge on any atom is 0.336 e. The number of methoxy groups -OCH3 is 2. The fourth-order valence-electron chi connectivity index (χ4n) is 3.61.